The number of halogens is 2. The number of carbonyl (C=O) groups excluding carboxylic acids is 1. The molecule has 1 aliphatic rings. The van der Waals surface area contributed by atoms with Gasteiger partial charge in [0.15, 0.2) is 0 Å². The number of alkyl halides is 2. The van der Waals surface area contributed by atoms with Crippen molar-refractivity contribution in [1.82, 2.24) is 0 Å². The first-order valence-electron chi connectivity index (χ1n) is 6.56. The van der Waals surface area contributed by atoms with Crippen LogP contribution in [0.15, 0.2) is 29.2 Å². The van der Waals surface area contributed by atoms with Gasteiger partial charge in [0.25, 0.3) is 5.76 Å². The lowest BCUT2D eigenvalue weighted by atomic mass is 9.95. The zero-order valence-corrected chi connectivity index (χ0v) is 11.9. The third kappa shape index (κ3) is 4.17. The second kappa shape index (κ2) is 6.89. The number of benzene rings is 1. The molecule has 1 aromatic carbocycles. The van der Waals surface area contributed by atoms with E-state index in [0.717, 1.165) is 6.42 Å². The highest BCUT2D eigenvalue weighted by Gasteiger charge is 2.37. The fourth-order valence-electron chi connectivity index (χ4n) is 2.52. The summed E-state index contributed by atoms with van der Waals surface area (Å²) in [5.41, 5.74) is 0.481. The Labute approximate surface area is 124 Å². The molecule has 114 valence electrons. The number of anilines is 1. The van der Waals surface area contributed by atoms with Crippen molar-refractivity contribution in [1.29, 1.82) is 0 Å². The van der Waals surface area contributed by atoms with E-state index in [4.69, 9.17) is 5.11 Å². The van der Waals surface area contributed by atoms with Crippen molar-refractivity contribution >= 4 is 29.3 Å². The number of carbonyl (C=O) groups is 2. The van der Waals surface area contributed by atoms with Gasteiger partial charge >= 0.3 is 5.97 Å². The van der Waals surface area contributed by atoms with Gasteiger partial charge < -0.3 is 10.4 Å². The molecule has 0 radical (unpaired) electrons. The van der Waals surface area contributed by atoms with Crippen molar-refractivity contribution in [3.8, 4) is 0 Å². The lowest BCUT2D eigenvalue weighted by molar-refractivity contribution is -0.145. The van der Waals surface area contributed by atoms with E-state index in [1.165, 1.54) is 24.3 Å². The van der Waals surface area contributed by atoms with Crippen LogP contribution in [0.3, 0.4) is 0 Å². The van der Waals surface area contributed by atoms with Gasteiger partial charge in [0.1, 0.15) is 0 Å². The predicted molar refractivity (Wildman–Crippen MR) is 75.4 cm³/mol. The van der Waals surface area contributed by atoms with Gasteiger partial charge in [0.2, 0.25) is 5.91 Å². The molecule has 21 heavy (non-hydrogen) atoms. The molecule has 7 heteroatoms. The molecule has 2 unspecified atom stereocenters. The second-order valence-electron chi connectivity index (χ2n) is 4.87. The fourth-order valence-corrected chi connectivity index (χ4v) is 3.02. The summed E-state index contributed by atoms with van der Waals surface area (Å²) in [6.07, 6.45) is 1.79. The molecule has 1 fully saturated rings. The molecule has 2 N–H and O–H groups in total. The number of amides is 1. The van der Waals surface area contributed by atoms with E-state index >= 15 is 0 Å². The van der Waals surface area contributed by atoms with Gasteiger partial charge in [-0.2, -0.15) is 8.78 Å². The van der Waals surface area contributed by atoms with E-state index < -0.39 is 23.6 Å². The van der Waals surface area contributed by atoms with Crippen LogP contribution in [-0.2, 0) is 9.59 Å². The van der Waals surface area contributed by atoms with Crippen molar-refractivity contribution in [2.75, 3.05) is 5.32 Å². The molecule has 1 aromatic rings. The van der Waals surface area contributed by atoms with Crippen molar-refractivity contribution in [3.63, 3.8) is 0 Å². The molecule has 0 spiro atoms. The number of hydrogen-bond donors (Lipinski definition) is 2. The summed E-state index contributed by atoms with van der Waals surface area (Å²) in [5, 5.41) is 11.7. The average Bonchev–Trinajstić information content (AvgIpc) is 2.90. The van der Waals surface area contributed by atoms with Crippen molar-refractivity contribution in [2.45, 2.75) is 29.9 Å². The Balaban J connectivity index is 1.97. The van der Waals surface area contributed by atoms with Crippen molar-refractivity contribution in [3.05, 3.63) is 24.3 Å². The third-order valence-corrected chi connectivity index (χ3v) is 4.24. The van der Waals surface area contributed by atoms with Crippen LogP contribution in [0.2, 0.25) is 0 Å². The van der Waals surface area contributed by atoms with Crippen LogP contribution < -0.4 is 5.32 Å². The fraction of sp³-hybridized carbons (Fsp3) is 0.429. The van der Waals surface area contributed by atoms with Gasteiger partial charge in [-0.1, -0.05) is 18.2 Å². The Kier molecular flexibility index (Phi) is 5.17. The van der Waals surface area contributed by atoms with Crippen LogP contribution >= 0.6 is 11.8 Å². The Morgan fingerprint density at radius 1 is 1.19 bits per heavy atom. The highest BCUT2D eigenvalue weighted by molar-refractivity contribution is 7.99. The van der Waals surface area contributed by atoms with Crippen LogP contribution in [0.25, 0.3) is 0 Å². The van der Waals surface area contributed by atoms with Crippen LogP contribution in [0.4, 0.5) is 14.5 Å². The Hall–Kier alpha value is -1.63. The predicted octanol–water partition coefficient (Wildman–Crippen LogP) is 3.44. The van der Waals surface area contributed by atoms with Gasteiger partial charge in [0.05, 0.1) is 11.8 Å². The highest BCUT2D eigenvalue weighted by atomic mass is 32.2. The summed E-state index contributed by atoms with van der Waals surface area (Å²) in [6.45, 7) is 0. The molecule has 1 saturated carbocycles. The number of carboxylic acid groups (broad SMARTS) is 1. The zero-order valence-electron chi connectivity index (χ0n) is 11.1. The van der Waals surface area contributed by atoms with E-state index in [1.807, 2.05) is 0 Å². The minimum Gasteiger partial charge on any atom is -0.481 e. The number of rotatable bonds is 5. The molecule has 0 aromatic heterocycles. The summed E-state index contributed by atoms with van der Waals surface area (Å²) in [5.74, 6) is -4.93. The molecule has 1 aliphatic carbocycles. The molecule has 2 atom stereocenters. The molecule has 4 nitrogen and oxygen atoms in total. The first kappa shape index (κ1) is 15.8. The monoisotopic (exact) mass is 315 g/mol. The minimum absolute atomic E-state index is 0.325. The molecular weight excluding hydrogens is 300 g/mol. The number of aliphatic carboxylic acids is 1. The van der Waals surface area contributed by atoms with E-state index in [0.29, 0.717) is 35.2 Å². The molecule has 0 bridgehead atoms. The minimum atomic E-state index is -2.49. The SMILES string of the molecule is O=C(O)C1CCCC1C(=O)Nc1ccc(SC(F)F)cc1. The number of hydrogen-bond acceptors (Lipinski definition) is 3. The lowest BCUT2D eigenvalue weighted by Gasteiger charge is -2.15. The molecular formula is C14H15F2NO3S. The molecule has 1 amide bonds. The maximum Gasteiger partial charge on any atom is 0.307 e. The van der Waals surface area contributed by atoms with Crippen LogP contribution in [0, 0.1) is 11.8 Å². The van der Waals surface area contributed by atoms with E-state index in [-0.39, 0.29) is 5.91 Å². The zero-order chi connectivity index (χ0) is 15.4. The summed E-state index contributed by atoms with van der Waals surface area (Å²) < 4.78 is 24.4. The molecule has 0 aliphatic heterocycles. The van der Waals surface area contributed by atoms with E-state index in [2.05, 4.69) is 5.32 Å². The van der Waals surface area contributed by atoms with Crippen molar-refractivity contribution < 1.29 is 23.5 Å². The van der Waals surface area contributed by atoms with E-state index in [1.54, 1.807) is 0 Å². The largest absolute Gasteiger partial charge is 0.481 e. The number of thioether (sulfide) groups is 1. The van der Waals surface area contributed by atoms with Gasteiger partial charge in [-0.25, -0.2) is 0 Å². The first-order valence-corrected chi connectivity index (χ1v) is 7.44. The second-order valence-corrected chi connectivity index (χ2v) is 5.94. The van der Waals surface area contributed by atoms with Gasteiger partial charge in [-0.15, -0.1) is 0 Å². The Morgan fingerprint density at radius 2 is 1.81 bits per heavy atom. The topological polar surface area (TPSA) is 66.4 Å². The molecule has 0 saturated heterocycles. The number of nitrogens with one attached hydrogen (secondary N) is 1. The van der Waals surface area contributed by atoms with Crippen LogP contribution in [0.5, 0.6) is 0 Å². The summed E-state index contributed by atoms with van der Waals surface area (Å²) in [4.78, 5) is 23.6. The van der Waals surface area contributed by atoms with Gasteiger partial charge in [0, 0.05) is 10.6 Å². The van der Waals surface area contributed by atoms with E-state index in [9.17, 15) is 18.4 Å². The highest BCUT2D eigenvalue weighted by Crippen LogP contribution is 2.33. The van der Waals surface area contributed by atoms with Gasteiger partial charge in [-0.3, -0.25) is 9.59 Å². The first-order chi connectivity index (χ1) is 9.97. The normalized spacial score (nSPS) is 21.5. The molecule has 2 rings (SSSR count). The quantitative estimate of drug-likeness (QED) is 0.817. The average molecular weight is 315 g/mol. The number of carboxylic acids is 1. The standard InChI is InChI=1S/C14H15F2NO3S/c15-14(16)21-9-6-4-8(5-7-9)17-12(18)10-2-1-3-11(10)13(19)20/h4-7,10-11,14H,1-3H2,(H,17,18)(H,19,20). The lowest BCUT2D eigenvalue weighted by Crippen LogP contribution is -2.29. The summed E-state index contributed by atoms with van der Waals surface area (Å²) >= 11 is 0.432. The maximum atomic E-state index is 12.2. The Morgan fingerprint density at radius 3 is 2.38 bits per heavy atom. The maximum absolute atomic E-state index is 12.2. The smallest absolute Gasteiger partial charge is 0.307 e. The van der Waals surface area contributed by atoms with Crippen LogP contribution in [-0.4, -0.2) is 22.7 Å². The summed E-state index contributed by atoms with van der Waals surface area (Å²) in [7, 11) is 0. The van der Waals surface area contributed by atoms with Crippen molar-refractivity contribution in [2.24, 2.45) is 11.8 Å². The Bertz CT molecular complexity index is 521. The third-order valence-electron chi connectivity index (χ3n) is 3.52. The van der Waals surface area contributed by atoms with Gasteiger partial charge in [-0.05, 0) is 37.1 Å². The summed E-state index contributed by atoms with van der Waals surface area (Å²) in [6, 6.07) is 6.06. The van der Waals surface area contributed by atoms with Crippen LogP contribution in [0.1, 0.15) is 19.3 Å². The molecule has 0 heterocycles.